The molecule has 128 valence electrons. The van der Waals surface area contributed by atoms with Crippen LogP contribution in [-0.4, -0.2) is 21.6 Å². The Morgan fingerprint density at radius 2 is 1.92 bits per heavy atom. The molecular formula is C19H19N3O2S. The second-order valence-electron chi connectivity index (χ2n) is 5.84. The van der Waals surface area contributed by atoms with Crippen LogP contribution in [-0.2, 0) is 4.79 Å². The van der Waals surface area contributed by atoms with Crippen LogP contribution in [0.1, 0.15) is 23.6 Å². The zero-order valence-corrected chi connectivity index (χ0v) is 14.9. The number of hydrogen-bond donors (Lipinski definition) is 2. The lowest BCUT2D eigenvalue weighted by Gasteiger charge is -2.11. The van der Waals surface area contributed by atoms with Gasteiger partial charge in [-0.05, 0) is 38.1 Å². The minimum absolute atomic E-state index is 0.0798. The van der Waals surface area contributed by atoms with E-state index in [0.717, 1.165) is 11.3 Å². The molecule has 0 unspecified atom stereocenters. The molecular weight excluding hydrogens is 334 g/mol. The highest BCUT2D eigenvalue weighted by Crippen LogP contribution is 2.25. The van der Waals surface area contributed by atoms with Crippen molar-refractivity contribution in [2.75, 3.05) is 11.1 Å². The molecule has 1 atom stereocenters. The van der Waals surface area contributed by atoms with Gasteiger partial charge in [0.05, 0.1) is 21.9 Å². The van der Waals surface area contributed by atoms with Crippen molar-refractivity contribution in [2.24, 2.45) is 0 Å². The summed E-state index contributed by atoms with van der Waals surface area (Å²) in [4.78, 5) is 31.5. The highest BCUT2D eigenvalue weighted by molar-refractivity contribution is 8.00. The number of hydrogen-bond acceptors (Lipinski definition) is 4. The van der Waals surface area contributed by atoms with Crippen molar-refractivity contribution in [3.63, 3.8) is 0 Å². The average Bonchev–Trinajstić information content (AvgIpc) is 2.61. The van der Waals surface area contributed by atoms with Gasteiger partial charge >= 0.3 is 0 Å². The van der Waals surface area contributed by atoms with Crippen molar-refractivity contribution < 1.29 is 4.79 Å². The van der Waals surface area contributed by atoms with Crippen LogP contribution in [0.15, 0.2) is 53.3 Å². The fraction of sp³-hybridized carbons (Fsp3) is 0.211. The Morgan fingerprint density at radius 1 is 1.20 bits per heavy atom. The number of carbonyl (C=O) groups is 1. The SMILES string of the molecule is Cc1ccc(NC(=O)CS[C@@H](C)c2nc3ccccc3c(=O)[nH]2)cc1. The Balaban J connectivity index is 1.64. The summed E-state index contributed by atoms with van der Waals surface area (Å²) < 4.78 is 0. The summed E-state index contributed by atoms with van der Waals surface area (Å²) in [5.41, 5.74) is 2.43. The lowest BCUT2D eigenvalue weighted by molar-refractivity contribution is -0.113. The fourth-order valence-electron chi connectivity index (χ4n) is 2.41. The number of thioether (sulfide) groups is 1. The monoisotopic (exact) mass is 353 g/mol. The number of carbonyl (C=O) groups excluding carboxylic acids is 1. The third-order valence-corrected chi connectivity index (χ3v) is 4.97. The molecule has 2 aromatic carbocycles. The first kappa shape index (κ1) is 17.2. The molecule has 0 aliphatic heterocycles. The van der Waals surface area contributed by atoms with E-state index in [1.54, 1.807) is 6.07 Å². The number of amides is 1. The number of fused-ring (bicyclic) bond motifs is 1. The largest absolute Gasteiger partial charge is 0.325 e. The van der Waals surface area contributed by atoms with Gasteiger partial charge in [0.1, 0.15) is 5.82 Å². The maximum atomic E-state index is 12.1. The van der Waals surface area contributed by atoms with Crippen LogP contribution in [0.2, 0.25) is 0 Å². The summed E-state index contributed by atoms with van der Waals surface area (Å²) in [6.07, 6.45) is 0. The third-order valence-electron chi connectivity index (χ3n) is 3.82. The Kier molecular flexibility index (Phi) is 5.19. The van der Waals surface area contributed by atoms with Crippen molar-refractivity contribution in [3.05, 3.63) is 70.3 Å². The van der Waals surface area contributed by atoms with Gasteiger partial charge in [-0.15, -0.1) is 11.8 Å². The number of para-hydroxylation sites is 1. The molecule has 5 nitrogen and oxygen atoms in total. The van der Waals surface area contributed by atoms with Crippen molar-refractivity contribution in [1.82, 2.24) is 9.97 Å². The van der Waals surface area contributed by atoms with Crippen LogP contribution in [0.4, 0.5) is 5.69 Å². The number of rotatable bonds is 5. The molecule has 0 aliphatic rings. The van der Waals surface area contributed by atoms with E-state index in [0.29, 0.717) is 16.7 Å². The molecule has 0 saturated carbocycles. The van der Waals surface area contributed by atoms with Gasteiger partial charge in [0.25, 0.3) is 5.56 Å². The van der Waals surface area contributed by atoms with Gasteiger partial charge in [0, 0.05) is 5.69 Å². The van der Waals surface area contributed by atoms with E-state index in [-0.39, 0.29) is 22.5 Å². The van der Waals surface area contributed by atoms with Crippen LogP contribution >= 0.6 is 11.8 Å². The van der Waals surface area contributed by atoms with E-state index in [9.17, 15) is 9.59 Å². The first-order valence-electron chi connectivity index (χ1n) is 8.00. The van der Waals surface area contributed by atoms with E-state index in [1.165, 1.54) is 11.8 Å². The summed E-state index contributed by atoms with van der Waals surface area (Å²) >= 11 is 1.43. The first-order chi connectivity index (χ1) is 12.0. The lowest BCUT2D eigenvalue weighted by Crippen LogP contribution is -2.16. The van der Waals surface area contributed by atoms with Crippen LogP contribution < -0.4 is 10.9 Å². The summed E-state index contributed by atoms with van der Waals surface area (Å²) in [5.74, 6) is 0.784. The van der Waals surface area contributed by atoms with E-state index in [2.05, 4.69) is 15.3 Å². The second-order valence-corrected chi connectivity index (χ2v) is 7.16. The number of anilines is 1. The predicted molar refractivity (Wildman–Crippen MR) is 103 cm³/mol. The van der Waals surface area contributed by atoms with Crippen molar-refractivity contribution in [2.45, 2.75) is 19.1 Å². The zero-order chi connectivity index (χ0) is 17.8. The molecule has 3 rings (SSSR count). The topological polar surface area (TPSA) is 74.8 Å². The van der Waals surface area contributed by atoms with Crippen LogP contribution in [0.5, 0.6) is 0 Å². The molecule has 0 spiro atoms. The van der Waals surface area contributed by atoms with Crippen molar-refractivity contribution in [1.29, 1.82) is 0 Å². The van der Waals surface area contributed by atoms with Crippen LogP contribution in [0.25, 0.3) is 10.9 Å². The first-order valence-corrected chi connectivity index (χ1v) is 9.05. The van der Waals surface area contributed by atoms with Gasteiger partial charge in [0.15, 0.2) is 0 Å². The smallest absolute Gasteiger partial charge is 0.258 e. The predicted octanol–water partition coefficient (Wildman–Crippen LogP) is 3.66. The molecule has 3 aromatic rings. The summed E-state index contributed by atoms with van der Waals surface area (Å²) in [5, 5.41) is 3.34. The maximum absolute atomic E-state index is 12.1. The normalized spacial score (nSPS) is 12.1. The zero-order valence-electron chi connectivity index (χ0n) is 14.1. The Labute approximate surface area is 149 Å². The van der Waals surface area contributed by atoms with E-state index in [1.807, 2.05) is 56.3 Å². The molecule has 0 fully saturated rings. The minimum atomic E-state index is -0.155. The van der Waals surface area contributed by atoms with Gasteiger partial charge < -0.3 is 10.3 Å². The summed E-state index contributed by atoms with van der Waals surface area (Å²) in [6.45, 7) is 3.93. The Morgan fingerprint density at radius 3 is 2.68 bits per heavy atom. The fourth-order valence-corrected chi connectivity index (χ4v) is 3.15. The quantitative estimate of drug-likeness (QED) is 0.734. The number of aromatic nitrogens is 2. The van der Waals surface area contributed by atoms with E-state index in [4.69, 9.17) is 0 Å². The molecule has 2 N–H and O–H groups in total. The number of nitrogens with zero attached hydrogens (tertiary/aromatic N) is 1. The average molecular weight is 353 g/mol. The highest BCUT2D eigenvalue weighted by Gasteiger charge is 2.13. The molecule has 0 bridgehead atoms. The standard InChI is InChI=1S/C19H19N3O2S/c1-12-7-9-14(10-8-12)20-17(23)11-25-13(2)18-21-16-6-4-3-5-15(16)19(24)22-18/h3-10,13H,11H2,1-2H3,(H,20,23)(H,21,22,24)/t13-/m0/s1. The molecule has 0 saturated heterocycles. The van der Waals surface area contributed by atoms with Gasteiger partial charge in [0.2, 0.25) is 5.91 Å². The molecule has 0 radical (unpaired) electrons. The van der Waals surface area contributed by atoms with Gasteiger partial charge in [-0.1, -0.05) is 29.8 Å². The second kappa shape index (κ2) is 7.53. The number of aromatic amines is 1. The molecule has 1 amide bonds. The summed E-state index contributed by atoms with van der Waals surface area (Å²) in [7, 11) is 0. The molecule has 1 heterocycles. The highest BCUT2D eigenvalue weighted by atomic mass is 32.2. The van der Waals surface area contributed by atoms with Crippen LogP contribution in [0, 0.1) is 6.92 Å². The van der Waals surface area contributed by atoms with Gasteiger partial charge in [-0.2, -0.15) is 0 Å². The molecule has 6 heteroatoms. The number of nitrogens with one attached hydrogen (secondary N) is 2. The Bertz CT molecular complexity index is 951. The number of aryl methyl sites for hydroxylation is 1. The number of H-pyrrole nitrogens is 1. The van der Waals surface area contributed by atoms with Gasteiger partial charge in [-0.25, -0.2) is 4.98 Å². The lowest BCUT2D eigenvalue weighted by atomic mass is 10.2. The molecule has 1 aromatic heterocycles. The van der Waals surface area contributed by atoms with Crippen LogP contribution in [0.3, 0.4) is 0 Å². The van der Waals surface area contributed by atoms with E-state index < -0.39 is 0 Å². The van der Waals surface area contributed by atoms with Crippen molar-refractivity contribution in [3.8, 4) is 0 Å². The molecule has 25 heavy (non-hydrogen) atoms. The maximum Gasteiger partial charge on any atom is 0.258 e. The molecule has 0 aliphatic carbocycles. The third kappa shape index (κ3) is 4.28. The van der Waals surface area contributed by atoms with Crippen molar-refractivity contribution >= 4 is 34.3 Å². The summed E-state index contributed by atoms with van der Waals surface area (Å²) in [6, 6.07) is 14.9. The minimum Gasteiger partial charge on any atom is -0.325 e. The Hall–Kier alpha value is -2.60. The number of benzene rings is 2. The van der Waals surface area contributed by atoms with Gasteiger partial charge in [-0.3, -0.25) is 9.59 Å². The van der Waals surface area contributed by atoms with E-state index >= 15 is 0 Å².